The first-order chi connectivity index (χ1) is 9.24. The minimum absolute atomic E-state index is 0.168. The van der Waals surface area contributed by atoms with Crippen molar-refractivity contribution < 1.29 is 4.79 Å². The fourth-order valence-corrected chi connectivity index (χ4v) is 2.78. The van der Waals surface area contributed by atoms with Gasteiger partial charge >= 0.3 is 0 Å². The summed E-state index contributed by atoms with van der Waals surface area (Å²) in [5.41, 5.74) is 1.68. The van der Waals surface area contributed by atoms with Gasteiger partial charge in [-0.3, -0.25) is 9.78 Å². The molecule has 2 aliphatic rings. The summed E-state index contributed by atoms with van der Waals surface area (Å²) in [5, 5.41) is 3.48. The largest absolute Gasteiger partial charge is 0.334 e. The van der Waals surface area contributed by atoms with E-state index in [2.05, 4.69) is 15.2 Å². The summed E-state index contributed by atoms with van der Waals surface area (Å²) in [6.45, 7) is 3.87. The van der Waals surface area contributed by atoms with Crippen LogP contribution in [0.4, 0.5) is 0 Å². The van der Waals surface area contributed by atoms with Crippen molar-refractivity contribution in [3.63, 3.8) is 0 Å². The van der Waals surface area contributed by atoms with Gasteiger partial charge in [0.05, 0.1) is 0 Å². The summed E-state index contributed by atoms with van der Waals surface area (Å²) < 4.78 is 0. The molecule has 19 heavy (non-hydrogen) atoms. The minimum Gasteiger partial charge on any atom is -0.334 e. The molecule has 1 N–H and O–H groups in total. The molecule has 1 saturated heterocycles. The fourth-order valence-electron chi connectivity index (χ4n) is 2.78. The molecule has 102 valence electrons. The summed E-state index contributed by atoms with van der Waals surface area (Å²) in [6.07, 6.45) is 6.45. The van der Waals surface area contributed by atoms with Crippen LogP contribution in [0.1, 0.15) is 41.7 Å². The van der Waals surface area contributed by atoms with Gasteiger partial charge in [0.25, 0.3) is 5.91 Å². The molecule has 1 aromatic rings. The second-order valence-electron chi connectivity index (χ2n) is 5.67. The molecular weight excluding hydrogens is 238 g/mol. The highest BCUT2D eigenvalue weighted by Crippen LogP contribution is 2.29. The van der Waals surface area contributed by atoms with Crippen molar-refractivity contribution in [1.82, 2.24) is 15.2 Å². The van der Waals surface area contributed by atoms with Crippen LogP contribution in [0, 0.1) is 6.92 Å². The van der Waals surface area contributed by atoms with E-state index in [-0.39, 0.29) is 5.91 Å². The van der Waals surface area contributed by atoms with Crippen molar-refractivity contribution in [2.75, 3.05) is 13.1 Å². The van der Waals surface area contributed by atoms with Gasteiger partial charge in [-0.25, -0.2) is 0 Å². The number of aryl methyl sites for hydroxylation is 1. The number of nitrogens with one attached hydrogen (secondary N) is 1. The average Bonchev–Trinajstić information content (AvgIpc) is 3.12. The molecule has 1 aliphatic carbocycles. The lowest BCUT2D eigenvalue weighted by Gasteiger charge is -2.26. The molecule has 1 aliphatic heterocycles. The van der Waals surface area contributed by atoms with Gasteiger partial charge in [0, 0.05) is 36.1 Å². The maximum atomic E-state index is 12.6. The molecule has 1 atom stereocenters. The van der Waals surface area contributed by atoms with Gasteiger partial charge < -0.3 is 10.2 Å². The SMILES string of the molecule is Cc1cc(C(=O)N(CC2CCCN2)C2CC2)ccn1. The first-order valence-corrected chi connectivity index (χ1v) is 7.21. The van der Waals surface area contributed by atoms with Crippen LogP contribution >= 0.6 is 0 Å². The number of carbonyl (C=O) groups is 1. The molecule has 3 rings (SSSR count). The summed E-state index contributed by atoms with van der Waals surface area (Å²) >= 11 is 0. The monoisotopic (exact) mass is 259 g/mol. The van der Waals surface area contributed by atoms with Gasteiger partial charge in [-0.15, -0.1) is 0 Å². The van der Waals surface area contributed by atoms with Crippen molar-refractivity contribution >= 4 is 5.91 Å². The lowest BCUT2D eigenvalue weighted by atomic mass is 10.1. The van der Waals surface area contributed by atoms with Crippen molar-refractivity contribution in [2.24, 2.45) is 0 Å². The Morgan fingerprint density at radius 2 is 2.32 bits per heavy atom. The second-order valence-corrected chi connectivity index (χ2v) is 5.67. The normalized spacial score (nSPS) is 22.5. The Morgan fingerprint density at radius 3 is 2.95 bits per heavy atom. The van der Waals surface area contributed by atoms with E-state index in [0.717, 1.165) is 37.2 Å². The molecule has 0 radical (unpaired) electrons. The van der Waals surface area contributed by atoms with E-state index in [9.17, 15) is 4.79 Å². The Morgan fingerprint density at radius 1 is 1.47 bits per heavy atom. The van der Waals surface area contributed by atoms with Crippen molar-refractivity contribution in [3.05, 3.63) is 29.6 Å². The number of hydrogen-bond donors (Lipinski definition) is 1. The topological polar surface area (TPSA) is 45.2 Å². The molecule has 4 heteroatoms. The standard InChI is InChI=1S/C15H21N3O/c1-11-9-12(6-8-16-11)15(19)18(14-4-5-14)10-13-3-2-7-17-13/h6,8-9,13-14,17H,2-5,7,10H2,1H3. The zero-order chi connectivity index (χ0) is 13.2. The van der Waals surface area contributed by atoms with Gasteiger partial charge in [0.2, 0.25) is 0 Å². The van der Waals surface area contributed by atoms with E-state index >= 15 is 0 Å². The molecule has 1 saturated carbocycles. The van der Waals surface area contributed by atoms with Crippen LogP contribution in [0.2, 0.25) is 0 Å². The third kappa shape index (κ3) is 2.95. The van der Waals surface area contributed by atoms with Gasteiger partial charge in [0.15, 0.2) is 0 Å². The minimum atomic E-state index is 0.168. The van der Waals surface area contributed by atoms with Crippen molar-refractivity contribution in [1.29, 1.82) is 0 Å². The smallest absolute Gasteiger partial charge is 0.254 e. The van der Waals surface area contributed by atoms with Crippen LogP contribution in [0.5, 0.6) is 0 Å². The Labute approximate surface area is 114 Å². The molecule has 1 unspecified atom stereocenters. The highest BCUT2D eigenvalue weighted by atomic mass is 16.2. The van der Waals surface area contributed by atoms with Gasteiger partial charge in [-0.1, -0.05) is 0 Å². The van der Waals surface area contributed by atoms with Crippen LogP contribution in [0.25, 0.3) is 0 Å². The van der Waals surface area contributed by atoms with Gasteiger partial charge in [-0.2, -0.15) is 0 Å². The Kier molecular flexibility index (Phi) is 3.51. The molecule has 0 bridgehead atoms. The predicted molar refractivity (Wildman–Crippen MR) is 74.1 cm³/mol. The van der Waals surface area contributed by atoms with E-state index in [1.165, 1.54) is 12.8 Å². The maximum absolute atomic E-state index is 12.6. The number of nitrogens with zero attached hydrogens (tertiary/aromatic N) is 2. The third-order valence-electron chi connectivity index (χ3n) is 3.97. The molecule has 1 amide bonds. The van der Waals surface area contributed by atoms with Gasteiger partial charge in [-0.05, 0) is 51.3 Å². The first-order valence-electron chi connectivity index (χ1n) is 7.21. The van der Waals surface area contributed by atoms with Crippen LogP contribution in [-0.4, -0.2) is 41.0 Å². The summed E-state index contributed by atoms with van der Waals surface area (Å²) in [7, 11) is 0. The number of rotatable bonds is 4. The highest BCUT2D eigenvalue weighted by Gasteiger charge is 2.34. The summed E-state index contributed by atoms with van der Waals surface area (Å²) in [6, 6.07) is 4.66. The fraction of sp³-hybridized carbons (Fsp3) is 0.600. The van der Waals surface area contributed by atoms with Crippen LogP contribution in [0.3, 0.4) is 0 Å². The van der Waals surface area contributed by atoms with E-state index in [4.69, 9.17) is 0 Å². The van der Waals surface area contributed by atoms with E-state index < -0.39 is 0 Å². The number of hydrogen-bond acceptors (Lipinski definition) is 3. The van der Waals surface area contributed by atoms with E-state index in [1.54, 1.807) is 6.20 Å². The van der Waals surface area contributed by atoms with E-state index in [1.807, 2.05) is 19.1 Å². The Hall–Kier alpha value is -1.42. The molecule has 4 nitrogen and oxygen atoms in total. The van der Waals surface area contributed by atoms with Gasteiger partial charge in [0.1, 0.15) is 0 Å². The number of aromatic nitrogens is 1. The second kappa shape index (κ2) is 5.29. The average molecular weight is 259 g/mol. The molecule has 2 heterocycles. The molecule has 0 spiro atoms. The highest BCUT2D eigenvalue weighted by molar-refractivity contribution is 5.94. The maximum Gasteiger partial charge on any atom is 0.254 e. The Bertz CT molecular complexity index is 464. The van der Waals surface area contributed by atoms with Crippen molar-refractivity contribution in [3.8, 4) is 0 Å². The lowest BCUT2D eigenvalue weighted by Crippen LogP contribution is -2.42. The van der Waals surface area contributed by atoms with Crippen LogP contribution in [-0.2, 0) is 0 Å². The van der Waals surface area contributed by atoms with E-state index in [0.29, 0.717) is 12.1 Å². The predicted octanol–water partition coefficient (Wildman–Crippen LogP) is 1.75. The molecule has 0 aromatic carbocycles. The number of amides is 1. The number of pyridine rings is 1. The van der Waals surface area contributed by atoms with Crippen molar-refractivity contribution in [2.45, 2.75) is 44.7 Å². The quantitative estimate of drug-likeness (QED) is 0.896. The summed E-state index contributed by atoms with van der Waals surface area (Å²) in [5.74, 6) is 0.168. The van der Waals surface area contributed by atoms with Crippen LogP contribution in [0.15, 0.2) is 18.3 Å². The number of carbonyl (C=O) groups excluding carboxylic acids is 1. The Balaban J connectivity index is 1.73. The zero-order valence-electron chi connectivity index (χ0n) is 11.4. The zero-order valence-corrected chi connectivity index (χ0v) is 11.4. The molecule has 2 fully saturated rings. The molecular formula is C15H21N3O. The summed E-state index contributed by atoms with van der Waals surface area (Å²) in [4.78, 5) is 18.9. The first kappa shape index (κ1) is 12.6. The van der Waals surface area contributed by atoms with Crippen LogP contribution < -0.4 is 5.32 Å². The third-order valence-corrected chi connectivity index (χ3v) is 3.97. The lowest BCUT2D eigenvalue weighted by molar-refractivity contribution is 0.0728. The molecule has 1 aromatic heterocycles.